The summed E-state index contributed by atoms with van der Waals surface area (Å²) in [5, 5.41) is 3.17. The van der Waals surface area contributed by atoms with Crippen molar-refractivity contribution in [3.05, 3.63) is 22.7 Å². The number of benzene rings is 1. The first-order valence-corrected chi connectivity index (χ1v) is 12.7. The standard InChI is InChI=1S/C19H27ClN2O4S2/c1-14-11-16(20)18(28(24,25)22-7-9-27-10-8-22)12-17(14)26-13-19(23)21-15-5-3-2-4-6-15/h11-12,15H,2-10,13H2,1H3,(H,21,23). The van der Waals surface area contributed by atoms with Crippen LogP contribution in [-0.2, 0) is 14.8 Å². The highest BCUT2D eigenvalue weighted by molar-refractivity contribution is 7.99. The number of amides is 1. The molecular formula is C19H27ClN2O4S2. The van der Waals surface area contributed by atoms with Crippen LogP contribution in [0.2, 0.25) is 5.02 Å². The lowest BCUT2D eigenvalue weighted by Crippen LogP contribution is -2.39. The van der Waals surface area contributed by atoms with Gasteiger partial charge in [-0.2, -0.15) is 16.1 Å². The maximum Gasteiger partial charge on any atom is 0.258 e. The van der Waals surface area contributed by atoms with Crippen LogP contribution in [0.3, 0.4) is 0 Å². The zero-order valence-electron chi connectivity index (χ0n) is 16.1. The largest absolute Gasteiger partial charge is 0.483 e. The highest BCUT2D eigenvalue weighted by Crippen LogP contribution is 2.32. The quantitative estimate of drug-likeness (QED) is 0.726. The molecule has 156 valence electrons. The minimum atomic E-state index is -3.69. The van der Waals surface area contributed by atoms with Gasteiger partial charge >= 0.3 is 0 Å². The van der Waals surface area contributed by atoms with Crippen LogP contribution in [0, 0.1) is 6.92 Å². The molecule has 1 aliphatic heterocycles. The first-order chi connectivity index (χ1) is 13.4. The number of thioether (sulfide) groups is 1. The van der Waals surface area contributed by atoms with Crippen molar-refractivity contribution < 1.29 is 17.9 Å². The summed E-state index contributed by atoms with van der Waals surface area (Å²) in [5.74, 6) is 1.73. The molecule has 1 N–H and O–H groups in total. The van der Waals surface area contributed by atoms with Crippen molar-refractivity contribution in [3.8, 4) is 5.75 Å². The van der Waals surface area contributed by atoms with Gasteiger partial charge in [-0.05, 0) is 31.4 Å². The molecular weight excluding hydrogens is 420 g/mol. The molecule has 9 heteroatoms. The topological polar surface area (TPSA) is 75.7 Å². The number of nitrogens with one attached hydrogen (secondary N) is 1. The Morgan fingerprint density at radius 2 is 1.93 bits per heavy atom. The van der Waals surface area contributed by atoms with E-state index in [1.165, 1.54) is 16.8 Å². The van der Waals surface area contributed by atoms with Gasteiger partial charge in [0.15, 0.2) is 6.61 Å². The summed E-state index contributed by atoms with van der Waals surface area (Å²) in [5.41, 5.74) is 0.698. The van der Waals surface area contributed by atoms with Crippen LogP contribution in [0.1, 0.15) is 37.7 Å². The average Bonchev–Trinajstić information content (AvgIpc) is 2.68. The molecule has 28 heavy (non-hydrogen) atoms. The fourth-order valence-corrected chi connectivity index (χ4v) is 6.72. The summed E-state index contributed by atoms with van der Waals surface area (Å²) < 4.78 is 33.1. The Bertz CT molecular complexity index is 804. The molecule has 3 rings (SSSR count). The normalized spacial score (nSPS) is 19.4. The monoisotopic (exact) mass is 446 g/mol. The van der Waals surface area contributed by atoms with Crippen molar-refractivity contribution in [2.45, 2.75) is 50.0 Å². The van der Waals surface area contributed by atoms with Gasteiger partial charge in [-0.15, -0.1) is 0 Å². The number of carbonyl (C=O) groups excluding carboxylic acids is 1. The van der Waals surface area contributed by atoms with Crippen molar-refractivity contribution in [2.24, 2.45) is 0 Å². The van der Waals surface area contributed by atoms with E-state index in [9.17, 15) is 13.2 Å². The second-order valence-corrected chi connectivity index (χ2v) is 10.8. The van der Waals surface area contributed by atoms with Crippen LogP contribution in [-0.4, -0.2) is 55.9 Å². The molecule has 2 fully saturated rings. The zero-order valence-corrected chi connectivity index (χ0v) is 18.5. The summed E-state index contributed by atoms with van der Waals surface area (Å²) in [6.45, 7) is 2.58. The number of hydrogen-bond acceptors (Lipinski definition) is 5. The maximum atomic E-state index is 13.0. The minimum Gasteiger partial charge on any atom is -0.483 e. The fourth-order valence-electron chi connectivity index (χ4n) is 3.57. The maximum absolute atomic E-state index is 13.0. The van der Waals surface area contributed by atoms with Crippen molar-refractivity contribution in [1.29, 1.82) is 0 Å². The van der Waals surface area contributed by atoms with E-state index < -0.39 is 10.0 Å². The molecule has 0 spiro atoms. The molecule has 1 saturated heterocycles. The second-order valence-electron chi connectivity index (χ2n) is 7.26. The van der Waals surface area contributed by atoms with Gasteiger partial charge in [0.1, 0.15) is 10.6 Å². The lowest BCUT2D eigenvalue weighted by molar-refractivity contribution is -0.124. The molecule has 2 aliphatic rings. The number of nitrogens with zero attached hydrogens (tertiary/aromatic N) is 1. The van der Waals surface area contributed by atoms with Crippen LogP contribution in [0.25, 0.3) is 0 Å². The van der Waals surface area contributed by atoms with Crippen molar-refractivity contribution >= 4 is 39.3 Å². The lowest BCUT2D eigenvalue weighted by Gasteiger charge is -2.26. The van der Waals surface area contributed by atoms with Gasteiger partial charge in [0.25, 0.3) is 5.91 Å². The Hall–Kier alpha value is -0.960. The Labute approximate surface area is 176 Å². The third kappa shape index (κ3) is 5.34. The molecule has 0 unspecified atom stereocenters. The predicted octanol–water partition coefficient (Wildman–Crippen LogP) is 3.21. The average molecular weight is 447 g/mol. The number of ether oxygens (including phenoxy) is 1. The van der Waals surface area contributed by atoms with E-state index in [1.807, 2.05) is 0 Å². The van der Waals surface area contributed by atoms with Crippen LogP contribution in [0.15, 0.2) is 17.0 Å². The third-order valence-corrected chi connectivity index (χ3v) is 8.45. The molecule has 0 radical (unpaired) electrons. The van der Waals surface area contributed by atoms with Crippen molar-refractivity contribution in [1.82, 2.24) is 9.62 Å². The first-order valence-electron chi connectivity index (χ1n) is 9.68. The number of aryl methyl sites for hydroxylation is 1. The summed E-state index contributed by atoms with van der Waals surface area (Å²) >= 11 is 7.99. The molecule has 1 aromatic rings. The van der Waals surface area contributed by atoms with Gasteiger partial charge < -0.3 is 10.1 Å². The molecule has 0 bridgehead atoms. The van der Waals surface area contributed by atoms with Gasteiger partial charge in [0.2, 0.25) is 10.0 Å². The molecule has 6 nitrogen and oxygen atoms in total. The number of rotatable bonds is 6. The molecule has 1 aromatic carbocycles. The van der Waals surface area contributed by atoms with Crippen LogP contribution < -0.4 is 10.1 Å². The summed E-state index contributed by atoms with van der Waals surface area (Å²) in [7, 11) is -3.69. The SMILES string of the molecule is Cc1cc(Cl)c(S(=O)(=O)N2CCSCC2)cc1OCC(=O)NC1CCCCC1. The van der Waals surface area contributed by atoms with Gasteiger partial charge in [0.05, 0.1) is 5.02 Å². The molecule has 1 amide bonds. The molecule has 1 heterocycles. The van der Waals surface area contributed by atoms with E-state index in [0.29, 0.717) is 24.4 Å². The van der Waals surface area contributed by atoms with Gasteiger partial charge in [-0.3, -0.25) is 4.79 Å². The van der Waals surface area contributed by atoms with E-state index in [-0.39, 0.29) is 28.5 Å². The Kier molecular flexibility index (Phi) is 7.53. The smallest absolute Gasteiger partial charge is 0.258 e. The third-order valence-electron chi connectivity index (χ3n) is 5.15. The van der Waals surface area contributed by atoms with E-state index in [1.54, 1.807) is 24.8 Å². The highest BCUT2D eigenvalue weighted by atomic mass is 35.5. The van der Waals surface area contributed by atoms with E-state index >= 15 is 0 Å². The molecule has 1 saturated carbocycles. The molecule has 0 aromatic heterocycles. The van der Waals surface area contributed by atoms with Crippen LogP contribution in [0.5, 0.6) is 5.75 Å². The molecule has 0 atom stereocenters. The van der Waals surface area contributed by atoms with E-state index in [2.05, 4.69) is 5.32 Å². The van der Waals surface area contributed by atoms with Crippen molar-refractivity contribution in [2.75, 3.05) is 31.2 Å². The summed E-state index contributed by atoms with van der Waals surface area (Å²) in [6, 6.07) is 3.24. The van der Waals surface area contributed by atoms with Gasteiger partial charge in [-0.25, -0.2) is 8.42 Å². The Morgan fingerprint density at radius 1 is 1.25 bits per heavy atom. The van der Waals surface area contributed by atoms with Crippen molar-refractivity contribution in [3.63, 3.8) is 0 Å². The van der Waals surface area contributed by atoms with Crippen LogP contribution in [0.4, 0.5) is 0 Å². The second kappa shape index (κ2) is 9.69. The summed E-state index contributed by atoms with van der Waals surface area (Å²) in [6.07, 6.45) is 5.50. The fraction of sp³-hybridized carbons (Fsp3) is 0.632. The first kappa shape index (κ1) is 21.7. The number of halogens is 1. The van der Waals surface area contributed by atoms with E-state index in [0.717, 1.165) is 37.2 Å². The lowest BCUT2D eigenvalue weighted by atomic mass is 9.95. The van der Waals surface area contributed by atoms with Gasteiger partial charge in [0, 0.05) is 36.7 Å². The Morgan fingerprint density at radius 3 is 2.61 bits per heavy atom. The van der Waals surface area contributed by atoms with Gasteiger partial charge in [-0.1, -0.05) is 30.9 Å². The number of hydrogen-bond donors (Lipinski definition) is 1. The zero-order chi connectivity index (χ0) is 20.1. The molecule has 1 aliphatic carbocycles. The highest BCUT2D eigenvalue weighted by Gasteiger charge is 2.29. The number of sulfonamides is 1. The number of carbonyl (C=O) groups is 1. The Balaban J connectivity index is 1.69. The minimum absolute atomic E-state index is 0.0364. The summed E-state index contributed by atoms with van der Waals surface area (Å²) in [4.78, 5) is 12.2. The van der Waals surface area contributed by atoms with Crippen LogP contribution >= 0.6 is 23.4 Å². The van der Waals surface area contributed by atoms with E-state index in [4.69, 9.17) is 16.3 Å². The predicted molar refractivity (Wildman–Crippen MR) is 113 cm³/mol.